The van der Waals surface area contributed by atoms with E-state index in [9.17, 15) is 0 Å². The number of ether oxygens (including phenoxy) is 5. The van der Waals surface area contributed by atoms with Gasteiger partial charge < -0.3 is 41.4 Å². The second kappa shape index (κ2) is 9.81. The van der Waals surface area contributed by atoms with Gasteiger partial charge in [-0.15, -0.1) is 0 Å². The second-order valence-corrected chi connectivity index (χ2v) is 7.20. The molecule has 0 amide bonds. The van der Waals surface area contributed by atoms with Crippen molar-refractivity contribution in [1.82, 2.24) is 5.32 Å². The summed E-state index contributed by atoms with van der Waals surface area (Å²) in [6, 6.07) is 20.1. The quantitative estimate of drug-likeness (QED) is 0.593. The Balaban J connectivity index is 0.00000231. The van der Waals surface area contributed by atoms with Crippen LogP contribution in [0.4, 0.5) is 0 Å². The summed E-state index contributed by atoms with van der Waals surface area (Å²) in [4.78, 5) is 0. The van der Waals surface area contributed by atoms with E-state index in [0.717, 1.165) is 47.4 Å². The number of hydrogen-bond donors (Lipinski definition) is 1. The van der Waals surface area contributed by atoms with E-state index in [4.69, 9.17) is 23.7 Å². The molecule has 2 heterocycles. The molecule has 0 aliphatic carbocycles. The number of nitrogens with one attached hydrogen (secondary N) is 1. The smallest absolute Gasteiger partial charge is 0.231 e. The summed E-state index contributed by atoms with van der Waals surface area (Å²) in [5.74, 6) is 4.04. The standard InChI is InChI=1S/C24H23NO5.ClH/c1-5-20(28-15-19-4-8-21-23(12-19)27-10-9-26-21)6-2-17(1)13-25-14-18-3-7-22-24(11-18)30-16-29-22;/h1-8,11-12,25H,9-10,13-16H2;1H/p-1. The minimum absolute atomic E-state index is 0. The fourth-order valence-electron chi connectivity index (χ4n) is 3.45. The molecule has 162 valence electrons. The molecular formula is C24H23ClNO5-. The molecule has 6 nitrogen and oxygen atoms in total. The van der Waals surface area contributed by atoms with E-state index in [-0.39, 0.29) is 12.4 Å². The zero-order valence-electron chi connectivity index (χ0n) is 16.9. The van der Waals surface area contributed by atoms with Crippen molar-refractivity contribution in [3.63, 3.8) is 0 Å². The molecule has 2 aliphatic rings. The van der Waals surface area contributed by atoms with E-state index >= 15 is 0 Å². The van der Waals surface area contributed by atoms with Gasteiger partial charge in [0, 0.05) is 13.1 Å². The minimum Gasteiger partial charge on any atom is -1.00 e. The third-order valence-electron chi connectivity index (χ3n) is 5.03. The summed E-state index contributed by atoms with van der Waals surface area (Å²) in [5.41, 5.74) is 3.41. The lowest BCUT2D eigenvalue weighted by Crippen LogP contribution is -3.00. The highest BCUT2D eigenvalue weighted by molar-refractivity contribution is 5.45. The van der Waals surface area contributed by atoms with Gasteiger partial charge in [-0.2, -0.15) is 0 Å². The summed E-state index contributed by atoms with van der Waals surface area (Å²) in [6.45, 7) is 3.51. The minimum atomic E-state index is 0. The number of hydrogen-bond acceptors (Lipinski definition) is 6. The number of halogens is 1. The van der Waals surface area contributed by atoms with Gasteiger partial charge in [0.2, 0.25) is 6.79 Å². The van der Waals surface area contributed by atoms with Gasteiger partial charge in [-0.1, -0.05) is 24.3 Å². The van der Waals surface area contributed by atoms with Gasteiger partial charge in [0.15, 0.2) is 23.0 Å². The van der Waals surface area contributed by atoms with Crippen LogP contribution in [-0.4, -0.2) is 20.0 Å². The summed E-state index contributed by atoms with van der Waals surface area (Å²) < 4.78 is 27.9. The summed E-state index contributed by atoms with van der Waals surface area (Å²) in [5, 5.41) is 3.45. The van der Waals surface area contributed by atoms with Crippen molar-refractivity contribution in [2.75, 3.05) is 20.0 Å². The molecule has 2 aliphatic heterocycles. The van der Waals surface area contributed by atoms with Gasteiger partial charge in [-0.3, -0.25) is 0 Å². The van der Waals surface area contributed by atoms with Gasteiger partial charge in [0.1, 0.15) is 25.6 Å². The molecule has 0 spiro atoms. The molecule has 0 saturated carbocycles. The van der Waals surface area contributed by atoms with Crippen molar-refractivity contribution < 1.29 is 36.1 Å². The molecule has 0 radical (unpaired) electrons. The second-order valence-electron chi connectivity index (χ2n) is 7.20. The third-order valence-corrected chi connectivity index (χ3v) is 5.03. The van der Waals surface area contributed by atoms with Gasteiger partial charge >= 0.3 is 0 Å². The highest BCUT2D eigenvalue weighted by Gasteiger charge is 2.13. The fraction of sp³-hybridized carbons (Fsp3) is 0.250. The maximum absolute atomic E-state index is 5.91. The first-order valence-corrected chi connectivity index (χ1v) is 10.0. The van der Waals surface area contributed by atoms with Crippen LogP contribution >= 0.6 is 0 Å². The predicted molar refractivity (Wildman–Crippen MR) is 111 cm³/mol. The highest BCUT2D eigenvalue weighted by atomic mass is 35.5. The molecule has 3 aromatic rings. The average Bonchev–Trinajstić information content (AvgIpc) is 3.26. The van der Waals surface area contributed by atoms with Gasteiger partial charge in [-0.25, -0.2) is 0 Å². The molecule has 0 aromatic heterocycles. The van der Waals surface area contributed by atoms with Crippen LogP contribution in [0, 0.1) is 0 Å². The number of rotatable bonds is 7. The number of fused-ring (bicyclic) bond motifs is 2. The van der Waals surface area contributed by atoms with Crippen LogP contribution in [0.5, 0.6) is 28.7 Å². The molecular weight excluding hydrogens is 418 g/mol. The maximum Gasteiger partial charge on any atom is 0.231 e. The van der Waals surface area contributed by atoms with E-state index in [1.165, 1.54) is 11.1 Å². The van der Waals surface area contributed by atoms with E-state index in [0.29, 0.717) is 26.6 Å². The van der Waals surface area contributed by atoms with Crippen molar-refractivity contribution in [3.05, 3.63) is 77.4 Å². The third kappa shape index (κ3) is 5.16. The molecule has 0 bridgehead atoms. The lowest BCUT2D eigenvalue weighted by atomic mass is 10.2. The summed E-state index contributed by atoms with van der Waals surface area (Å²) in [6.07, 6.45) is 0. The highest BCUT2D eigenvalue weighted by Crippen LogP contribution is 2.33. The normalized spacial score (nSPS) is 13.4. The van der Waals surface area contributed by atoms with E-state index in [1.54, 1.807) is 0 Å². The van der Waals surface area contributed by atoms with Gasteiger partial charge in [0.25, 0.3) is 0 Å². The Morgan fingerprint density at radius 3 is 2.06 bits per heavy atom. The Labute approximate surface area is 187 Å². The molecule has 0 unspecified atom stereocenters. The van der Waals surface area contributed by atoms with Gasteiger partial charge in [-0.05, 0) is 53.1 Å². The van der Waals surface area contributed by atoms with Crippen LogP contribution in [0.15, 0.2) is 60.7 Å². The Kier molecular flexibility index (Phi) is 6.70. The Morgan fingerprint density at radius 2 is 1.23 bits per heavy atom. The van der Waals surface area contributed by atoms with Crippen molar-refractivity contribution in [2.45, 2.75) is 19.7 Å². The van der Waals surface area contributed by atoms with Crippen LogP contribution in [-0.2, 0) is 19.7 Å². The molecule has 7 heteroatoms. The summed E-state index contributed by atoms with van der Waals surface area (Å²) >= 11 is 0. The van der Waals surface area contributed by atoms with E-state index in [1.807, 2.05) is 42.5 Å². The predicted octanol–water partition coefficient (Wildman–Crippen LogP) is 1.06. The van der Waals surface area contributed by atoms with E-state index < -0.39 is 0 Å². The Hall–Kier alpha value is -3.09. The van der Waals surface area contributed by atoms with Crippen molar-refractivity contribution in [2.24, 2.45) is 0 Å². The van der Waals surface area contributed by atoms with Crippen molar-refractivity contribution >= 4 is 0 Å². The van der Waals surface area contributed by atoms with Crippen LogP contribution in [0.1, 0.15) is 16.7 Å². The average molecular weight is 441 g/mol. The van der Waals surface area contributed by atoms with Crippen LogP contribution in [0.2, 0.25) is 0 Å². The van der Waals surface area contributed by atoms with Crippen molar-refractivity contribution in [1.29, 1.82) is 0 Å². The molecule has 0 atom stereocenters. The lowest BCUT2D eigenvalue weighted by molar-refractivity contribution is -0.00000849. The summed E-state index contributed by atoms with van der Waals surface area (Å²) in [7, 11) is 0. The van der Waals surface area contributed by atoms with Crippen LogP contribution in [0.3, 0.4) is 0 Å². The fourth-order valence-corrected chi connectivity index (χ4v) is 3.45. The lowest BCUT2D eigenvalue weighted by Gasteiger charge is -2.19. The molecule has 0 fully saturated rings. The Morgan fingerprint density at radius 1 is 0.645 bits per heavy atom. The first-order valence-electron chi connectivity index (χ1n) is 10.0. The number of benzene rings is 3. The molecule has 31 heavy (non-hydrogen) atoms. The molecule has 1 N–H and O–H groups in total. The van der Waals surface area contributed by atoms with Crippen LogP contribution in [0.25, 0.3) is 0 Å². The topological polar surface area (TPSA) is 58.2 Å². The largest absolute Gasteiger partial charge is 1.00 e. The van der Waals surface area contributed by atoms with Crippen molar-refractivity contribution in [3.8, 4) is 28.7 Å². The van der Waals surface area contributed by atoms with E-state index in [2.05, 4.69) is 23.5 Å². The zero-order valence-corrected chi connectivity index (χ0v) is 17.7. The molecule has 3 aromatic carbocycles. The van der Waals surface area contributed by atoms with Crippen LogP contribution < -0.4 is 41.4 Å². The monoisotopic (exact) mass is 440 g/mol. The first-order chi connectivity index (χ1) is 14.8. The SMILES string of the molecule is [Cl-].c1cc(OCc2ccc3c(c2)OCCO3)ccc1CNCc1ccc2c(c1)OCO2. The van der Waals surface area contributed by atoms with Gasteiger partial charge in [0.05, 0.1) is 0 Å². The molecule has 0 saturated heterocycles. The molecule has 5 rings (SSSR count). The first kappa shape index (κ1) is 21.2. The zero-order chi connectivity index (χ0) is 20.2. The maximum atomic E-state index is 5.91. The Bertz CT molecular complexity index is 1020.